The Morgan fingerprint density at radius 3 is 2.82 bits per heavy atom. The normalized spacial score (nSPS) is 10.7. The summed E-state index contributed by atoms with van der Waals surface area (Å²) in [5, 5.41) is 4.54. The van der Waals surface area contributed by atoms with Crippen molar-refractivity contribution in [2.75, 3.05) is 5.73 Å². The average Bonchev–Trinajstić information content (AvgIpc) is 2.68. The standard InChI is InChI=1S/C13H16BrN3/c1-2-3-6-10-9-13(15)17(16-10)12-8-5-4-7-11(12)14/h4-5,7-9H,2-3,6,15H2,1H3. The molecule has 0 fully saturated rings. The predicted molar refractivity (Wildman–Crippen MR) is 74.3 cm³/mol. The Hall–Kier alpha value is -1.29. The molecule has 90 valence electrons. The molecule has 0 atom stereocenters. The van der Waals surface area contributed by atoms with E-state index in [1.54, 1.807) is 4.68 Å². The fourth-order valence-electron chi connectivity index (χ4n) is 1.74. The van der Waals surface area contributed by atoms with Gasteiger partial charge in [0, 0.05) is 10.5 Å². The maximum atomic E-state index is 5.99. The molecular weight excluding hydrogens is 278 g/mol. The highest BCUT2D eigenvalue weighted by Crippen LogP contribution is 2.23. The van der Waals surface area contributed by atoms with Crippen LogP contribution in [0, 0.1) is 0 Å². The number of aryl methyl sites for hydroxylation is 1. The van der Waals surface area contributed by atoms with Crippen molar-refractivity contribution in [3.05, 3.63) is 40.5 Å². The molecule has 2 N–H and O–H groups in total. The molecule has 17 heavy (non-hydrogen) atoms. The summed E-state index contributed by atoms with van der Waals surface area (Å²) in [6, 6.07) is 9.90. The Labute approximate surface area is 110 Å². The molecule has 2 rings (SSSR count). The zero-order valence-corrected chi connectivity index (χ0v) is 11.4. The lowest BCUT2D eigenvalue weighted by molar-refractivity contribution is 0.753. The van der Waals surface area contributed by atoms with Crippen molar-refractivity contribution in [1.29, 1.82) is 0 Å². The van der Waals surface area contributed by atoms with Crippen molar-refractivity contribution in [3.8, 4) is 5.69 Å². The molecule has 1 heterocycles. The molecule has 2 aromatic rings. The van der Waals surface area contributed by atoms with E-state index < -0.39 is 0 Å². The minimum absolute atomic E-state index is 0.683. The van der Waals surface area contributed by atoms with Gasteiger partial charge in [0.15, 0.2) is 0 Å². The summed E-state index contributed by atoms with van der Waals surface area (Å²) < 4.78 is 2.78. The lowest BCUT2D eigenvalue weighted by atomic mass is 10.2. The summed E-state index contributed by atoms with van der Waals surface area (Å²) in [6.45, 7) is 2.17. The van der Waals surface area contributed by atoms with Crippen LogP contribution in [0.5, 0.6) is 0 Å². The fourth-order valence-corrected chi connectivity index (χ4v) is 2.20. The van der Waals surface area contributed by atoms with Gasteiger partial charge < -0.3 is 5.73 Å². The lowest BCUT2D eigenvalue weighted by Crippen LogP contribution is -2.02. The third-order valence-corrected chi connectivity index (χ3v) is 3.33. The highest BCUT2D eigenvalue weighted by atomic mass is 79.9. The van der Waals surface area contributed by atoms with Crippen LogP contribution in [0.15, 0.2) is 34.8 Å². The third-order valence-electron chi connectivity index (χ3n) is 2.65. The number of anilines is 1. The van der Waals surface area contributed by atoms with Gasteiger partial charge in [0.05, 0.1) is 11.4 Å². The van der Waals surface area contributed by atoms with E-state index in [0.717, 1.165) is 28.7 Å². The number of benzene rings is 1. The van der Waals surface area contributed by atoms with Crippen molar-refractivity contribution < 1.29 is 0 Å². The maximum Gasteiger partial charge on any atom is 0.127 e. The average molecular weight is 294 g/mol. The van der Waals surface area contributed by atoms with Gasteiger partial charge in [-0.05, 0) is 40.9 Å². The zero-order valence-electron chi connectivity index (χ0n) is 9.86. The molecule has 0 unspecified atom stereocenters. The summed E-state index contributed by atoms with van der Waals surface area (Å²) in [4.78, 5) is 0. The van der Waals surface area contributed by atoms with E-state index in [9.17, 15) is 0 Å². The highest BCUT2D eigenvalue weighted by Gasteiger charge is 2.08. The molecule has 0 aliphatic carbocycles. The highest BCUT2D eigenvalue weighted by molar-refractivity contribution is 9.10. The van der Waals surface area contributed by atoms with Crippen LogP contribution in [0.4, 0.5) is 5.82 Å². The number of para-hydroxylation sites is 1. The van der Waals surface area contributed by atoms with Crippen molar-refractivity contribution in [2.24, 2.45) is 0 Å². The van der Waals surface area contributed by atoms with Crippen LogP contribution in [0.25, 0.3) is 5.69 Å². The molecule has 4 heteroatoms. The zero-order chi connectivity index (χ0) is 12.3. The smallest absolute Gasteiger partial charge is 0.127 e. The largest absolute Gasteiger partial charge is 0.384 e. The second kappa shape index (κ2) is 5.36. The van der Waals surface area contributed by atoms with Gasteiger partial charge in [0.1, 0.15) is 5.82 Å². The Bertz CT molecular complexity index is 505. The van der Waals surface area contributed by atoms with Crippen LogP contribution in [-0.2, 0) is 6.42 Å². The summed E-state index contributed by atoms with van der Waals surface area (Å²) >= 11 is 3.51. The molecule has 0 aliphatic rings. The monoisotopic (exact) mass is 293 g/mol. The van der Waals surface area contributed by atoms with Gasteiger partial charge >= 0.3 is 0 Å². The SMILES string of the molecule is CCCCc1cc(N)n(-c2ccccc2Br)n1. The molecule has 0 saturated carbocycles. The Kier molecular flexibility index (Phi) is 3.84. The van der Waals surface area contributed by atoms with Crippen LogP contribution in [0.3, 0.4) is 0 Å². The van der Waals surface area contributed by atoms with Crippen LogP contribution < -0.4 is 5.73 Å². The molecular formula is C13H16BrN3. The molecule has 0 amide bonds. The lowest BCUT2D eigenvalue weighted by Gasteiger charge is -2.05. The molecule has 0 saturated heterocycles. The number of halogens is 1. The topological polar surface area (TPSA) is 43.8 Å². The number of nitrogens with zero attached hydrogens (tertiary/aromatic N) is 2. The first-order chi connectivity index (χ1) is 8.22. The molecule has 0 spiro atoms. The minimum Gasteiger partial charge on any atom is -0.384 e. The van der Waals surface area contributed by atoms with E-state index >= 15 is 0 Å². The molecule has 1 aromatic heterocycles. The van der Waals surface area contributed by atoms with Gasteiger partial charge in [0.25, 0.3) is 0 Å². The molecule has 0 aliphatic heterocycles. The van der Waals surface area contributed by atoms with Crippen molar-refractivity contribution in [1.82, 2.24) is 9.78 Å². The first kappa shape index (κ1) is 12.2. The van der Waals surface area contributed by atoms with E-state index in [-0.39, 0.29) is 0 Å². The molecule has 1 aromatic carbocycles. The second-order valence-electron chi connectivity index (χ2n) is 4.03. The predicted octanol–water partition coefficient (Wildman–Crippen LogP) is 3.56. The van der Waals surface area contributed by atoms with Crippen molar-refractivity contribution in [2.45, 2.75) is 26.2 Å². The number of hydrogen-bond acceptors (Lipinski definition) is 2. The Morgan fingerprint density at radius 2 is 2.12 bits per heavy atom. The van der Waals surface area contributed by atoms with Crippen LogP contribution in [0.2, 0.25) is 0 Å². The van der Waals surface area contributed by atoms with Gasteiger partial charge in [-0.3, -0.25) is 0 Å². The Morgan fingerprint density at radius 1 is 1.35 bits per heavy atom. The summed E-state index contributed by atoms with van der Waals surface area (Å²) in [7, 11) is 0. The van der Waals surface area contributed by atoms with Gasteiger partial charge in [-0.1, -0.05) is 25.5 Å². The summed E-state index contributed by atoms with van der Waals surface area (Å²) in [5.74, 6) is 0.683. The van der Waals surface area contributed by atoms with E-state index in [1.807, 2.05) is 30.3 Å². The molecule has 3 nitrogen and oxygen atoms in total. The minimum atomic E-state index is 0.683. The first-order valence-electron chi connectivity index (χ1n) is 5.81. The molecule has 0 radical (unpaired) electrons. The van der Waals surface area contributed by atoms with Crippen molar-refractivity contribution in [3.63, 3.8) is 0 Å². The van der Waals surface area contributed by atoms with Crippen LogP contribution >= 0.6 is 15.9 Å². The maximum absolute atomic E-state index is 5.99. The van der Waals surface area contributed by atoms with E-state index in [0.29, 0.717) is 5.82 Å². The summed E-state index contributed by atoms with van der Waals surface area (Å²) in [5.41, 5.74) is 8.03. The van der Waals surface area contributed by atoms with Crippen LogP contribution in [-0.4, -0.2) is 9.78 Å². The number of aromatic nitrogens is 2. The number of unbranched alkanes of at least 4 members (excludes halogenated alkanes) is 1. The number of rotatable bonds is 4. The number of hydrogen-bond donors (Lipinski definition) is 1. The second-order valence-corrected chi connectivity index (χ2v) is 4.88. The van der Waals surface area contributed by atoms with E-state index in [4.69, 9.17) is 5.73 Å². The Balaban J connectivity index is 2.33. The van der Waals surface area contributed by atoms with Crippen LogP contribution in [0.1, 0.15) is 25.5 Å². The van der Waals surface area contributed by atoms with Gasteiger partial charge in [-0.2, -0.15) is 5.10 Å². The molecule has 0 bridgehead atoms. The third kappa shape index (κ3) is 2.69. The van der Waals surface area contributed by atoms with Gasteiger partial charge in [-0.25, -0.2) is 4.68 Å². The van der Waals surface area contributed by atoms with E-state index in [2.05, 4.69) is 28.0 Å². The number of nitrogens with two attached hydrogens (primary N) is 1. The van der Waals surface area contributed by atoms with E-state index in [1.165, 1.54) is 6.42 Å². The van der Waals surface area contributed by atoms with Gasteiger partial charge in [-0.15, -0.1) is 0 Å². The van der Waals surface area contributed by atoms with Crippen molar-refractivity contribution >= 4 is 21.7 Å². The quantitative estimate of drug-likeness (QED) is 0.937. The number of nitrogen functional groups attached to an aromatic ring is 1. The van der Waals surface area contributed by atoms with Gasteiger partial charge in [0.2, 0.25) is 0 Å². The fraction of sp³-hybridized carbons (Fsp3) is 0.308. The summed E-state index contributed by atoms with van der Waals surface area (Å²) in [6.07, 6.45) is 3.30. The first-order valence-corrected chi connectivity index (χ1v) is 6.61.